The number of aryl methyl sites for hydroxylation is 1. The highest BCUT2D eigenvalue weighted by molar-refractivity contribution is 6.05. The van der Waals surface area contributed by atoms with Crippen LogP contribution in [-0.2, 0) is 11.3 Å². The minimum absolute atomic E-state index is 0.184. The number of aliphatic hydroxyl groups is 1. The van der Waals surface area contributed by atoms with Gasteiger partial charge in [0.05, 0.1) is 6.04 Å². The van der Waals surface area contributed by atoms with Crippen molar-refractivity contribution in [3.63, 3.8) is 0 Å². The van der Waals surface area contributed by atoms with Crippen LogP contribution in [0, 0.1) is 6.92 Å². The first-order chi connectivity index (χ1) is 13.1. The summed E-state index contributed by atoms with van der Waals surface area (Å²) < 4.78 is 0. The molecule has 0 saturated carbocycles. The molecule has 27 heavy (non-hydrogen) atoms. The SMILES string of the molecule is Cc1ccc(C2=C(O)C(=O)N(Cc3cccnc3)[C@H]2c2ccccc2)cc1. The maximum absolute atomic E-state index is 12.9. The molecule has 4 rings (SSSR count). The third kappa shape index (κ3) is 3.22. The van der Waals surface area contributed by atoms with Gasteiger partial charge in [0, 0.05) is 24.5 Å². The van der Waals surface area contributed by atoms with E-state index in [1.165, 1.54) is 0 Å². The lowest BCUT2D eigenvalue weighted by molar-refractivity contribution is -0.130. The number of aliphatic hydroxyl groups excluding tert-OH is 1. The number of benzene rings is 2. The van der Waals surface area contributed by atoms with Crippen LogP contribution in [0.25, 0.3) is 5.57 Å². The molecule has 2 heterocycles. The summed E-state index contributed by atoms with van der Waals surface area (Å²) >= 11 is 0. The van der Waals surface area contributed by atoms with E-state index in [1.54, 1.807) is 17.3 Å². The number of carbonyl (C=O) groups is 1. The Kier molecular flexibility index (Phi) is 4.47. The standard InChI is InChI=1S/C23H20N2O2/c1-16-9-11-18(12-10-16)20-21(19-7-3-2-4-8-19)25(23(27)22(20)26)15-17-6-5-13-24-14-17/h2-14,21,26H,15H2,1H3/t21-/m0/s1. The molecule has 2 aromatic carbocycles. The predicted octanol–water partition coefficient (Wildman–Crippen LogP) is 4.44. The molecule has 0 bridgehead atoms. The maximum atomic E-state index is 12.9. The number of amides is 1. The third-order valence-electron chi connectivity index (χ3n) is 4.86. The van der Waals surface area contributed by atoms with Gasteiger partial charge in [0.25, 0.3) is 5.91 Å². The largest absolute Gasteiger partial charge is 0.503 e. The Morgan fingerprint density at radius 2 is 1.74 bits per heavy atom. The molecule has 0 fully saturated rings. The van der Waals surface area contributed by atoms with E-state index in [-0.39, 0.29) is 17.7 Å². The summed E-state index contributed by atoms with van der Waals surface area (Å²) in [7, 11) is 0. The van der Waals surface area contributed by atoms with Gasteiger partial charge in [-0.3, -0.25) is 9.78 Å². The summed E-state index contributed by atoms with van der Waals surface area (Å²) in [6.45, 7) is 2.40. The van der Waals surface area contributed by atoms with E-state index < -0.39 is 0 Å². The molecule has 0 aliphatic carbocycles. The van der Waals surface area contributed by atoms with Gasteiger partial charge in [-0.2, -0.15) is 0 Å². The van der Waals surface area contributed by atoms with Crippen molar-refractivity contribution in [3.05, 3.63) is 107 Å². The Labute approximate surface area is 158 Å². The zero-order chi connectivity index (χ0) is 18.8. The second-order valence-electron chi connectivity index (χ2n) is 6.74. The highest BCUT2D eigenvalue weighted by Gasteiger charge is 2.40. The first kappa shape index (κ1) is 17.0. The minimum Gasteiger partial charge on any atom is -0.503 e. The van der Waals surface area contributed by atoms with Crippen molar-refractivity contribution < 1.29 is 9.90 Å². The summed E-state index contributed by atoms with van der Waals surface area (Å²) in [6.07, 6.45) is 3.45. The van der Waals surface area contributed by atoms with Crippen molar-refractivity contribution in [2.24, 2.45) is 0 Å². The van der Waals surface area contributed by atoms with Gasteiger partial charge in [-0.05, 0) is 29.7 Å². The molecular weight excluding hydrogens is 336 g/mol. The van der Waals surface area contributed by atoms with Crippen molar-refractivity contribution in [1.82, 2.24) is 9.88 Å². The smallest absolute Gasteiger partial charge is 0.290 e. The van der Waals surface area contributed by atoms with E-state index in [2.05, 4.69) is 4.98 Å². The lowest BCUT2D eigenvalue weighted by atomic mass is 9.93. The van der Waals surface area contributed by atoms with Crippen LogP contribution in [0.3, 0.4) is 0 Å². The van der Waals surface area contributed by atoms with Crippen LogP contribution in [0.5, 0.6) is 0 Å². The van der Waals surface area contributed by atoms with Gasteiger partial charge >= 0.3 is 0 Å². The highest BCUT2D eigenvalue weighted by atomic mass is 16.3. The molecule has 4 nitrogen and oxygen atoms in total. The Hall–Kier alpha value is -3.40. The maximum Gasteiger partial charge on any atom is 0.290 e. The minimum atomic E-state index is -0.358. The fourth-order valence-electron chi connectivity index (χ4n) is 3.51. The van der Waals surface area contributed by atoms with Gasteiger partial charge in [-0.25, -0.2) is 0 Å². The van der Waals surface area contributed by atoms with Gasteiger partial charge in [0.2, 0.25) is 0 Å². The quantitative estimate of drug-likeness (QED) is 0.752. The van der Waals surface area contributed by atoms with E-state index in [1.807, 2.05) is 73.7 Å². The van der Waals surface area contributed by atoms with Crippen LogP contribution in [0.1, 0.15) is 28.3 Å². The molecule has 1 amide bonds. The van der Waals surface area contributed by atoms with Crippen LogP contribution in [-0.4, -0.2) is 20.9 Å². The van der Waals surface area contributed by atoms with Crippen LogP contribution in [0.4, 0.5) is 0 Å². The van der Waals surface area contributed by atoms with E-state index >= 15 is 0 Å². The van der Waals surface area contributed by atoms with Crippen molar-refractivity contribution in [2.45, 2.75) is 19.5 Å². The summed E-state index contributed by atoms with van der Waals surface area (Å²) in [4.78, 5) is 18.8. The Balaban J connectivity index is 1.81. The van der Waals surface area contributed by atoms with Gasteiger partial charge < -0.3 is 10.0 Å². The number of hydrogen-bond donors (Lipinski definition) is 1. The number of nitrogens with zero attached hydrogens (tertiary/aromatic N) is 2. The first-order valence-electron chi connectivity index (χ1n) is 8.90. The topological polar surface area (TPSA) is 53.4 Å². The summed E-state index contributed by atoms with van der Waals surface area (Å²) in [6, 6.07) is 21.1. The molecule has 1 aliphatic heterocycles. The zero-order valence-corrected chi connectivity index (χ0v) is 15.0. The average molecular weight is 356 g/mol. The Bertz CT molecular complexity index is 980. The van der Waals surface area contributed by atoms with Crippen molar-refractivity contribution >= 4 is 11.5 Å². The highest BCUT2D eigenvalue weighted by Crippen LogP contribution is 2.43. The fourth-order valence-corrected chi connectivity index (χ4v) is 3.51. The summed E-state index contributed by atoms with van der Waals surface area (Å²) in [5.41, 5.74) is 4.52. The molecule has 1 aliphatic rings. The molecule has 0 unspecified atom stereocenters. The molecule has 1 N–H and O–H groups in total. The normalized spacial score (nSPS) is 16.9. The van der Waals surface area contributed by atoms with Crippen LogP contribution in [0.15, 0.2) is 84.9 Å². The molecule has 134 valence electrons. The second kappa shape index (κ2) is 7.08. The van der Waals surface area contributed by atoms with Crippen LogP contribution >= 0.6 is 0 Å². The fraction of sp³-hybridized carbons (Fsp3) is 0.130. The molecule has 0 saturated heterocycles. The van der Waals surface area contributed by atoms with E-state index in [0.717, 1.165) is 22.3 Å². The number of hydrogen-bond acceptors (Lipinski definition) is 3. The molecule has 0 radical (unpaired) electrons. The molecule has 3 aromatic rings. The first-order valence-corrected chi connectivity index (χ1v) is 8.90. The zero-order valence-electron chi connectivity index (χ0n) is 15.0. The third-order valence-corrected chi connectivity index (χ3v) is 4.86. The Morgan fingerprint density at radius 3 is 2.41 bits per heavy atom. The lowest BCUT2D eigenvalue weighted by Gasteiger charge is -2.27. The number of pyridine rings is 1. The summed E-state index contributed by atoms with van der Waals surface area (Å²) in [5.74, 6) is -0.542. The predicted molar refractivity (Wildman–Crippen MR) is 105 cm³/mol. The monoisotopic (exact) mass is 356 g/mol. The van der Waals surface area contributed by atoms with Crippen LogP contribution < -0.4 is 0 Å². The van der Waals surface area contributed by atoms with Crippen molar-refractivity contribution in [3.8, 4) is 0 Å². The summed E-state index contributed by atoms with van der Waals surface area (Å²) in [5, 5.41) is 10.7. The van der Waals surface area contributed by atoms with Gasteiger partial charge in [-0.15, -0.1) is 0 Å². The van der Waals surface area contributed by atoms with Gasteiger partial charge in [0.15, 0.2) is 5.76 Å². The van der Waals surface area contributed by atoms with Crippen molar-refractivity contribution in [1.29, 1.82) is 0 Å². The lowest BCUT2D eigenvalue weighted by Crippen LogP contribution is -2.29. The number of carbonyl (C=O) groups excluding carboxylic acids is 1. The van der Waals surface area contributed by atoms with Gasteiger partial charge in [0.1, 0.15) is 0 Å². The van der Waals surface area contributed by atoms with Crippen LogP contribution in [0.2, 0.25) is 0 Å². The molecule has 1 atom stereocenters. The van der Waals surface area contributed by atoms with E-state index in [0.29, 0.717) is 12.1 Å². The second-order valence-corrected chi connectivity index (χ2v) is 6.74. The van der Waals surface area contributed by atoms with Crippen molar-refractivity contribution in [2.75, 3.05) is 0 Å². The number of aromatic nitrogens is 1. The average Bonchev–Trinajstić information content (AvgIpc) is 2.95. The molecular formula is C23H20N2O2. The molecule has 4 heteroatoms. The number of rotatable bonds is 4. The Morgan fingerprint density at radius 1 is 1.00 bits per heavy atom. The van der Waals surface area contributed by atoms with E-state index in [4.69, 9.17) is 0 Å². The molecule has 1 aromatic heterocycles. The van der Waals surface area contributed by atoms with Gasteiger partial charge in [-0.1, -0.05) is 66.2 Å². The van der Waals surface area contributed by atoms with E-state index in [9.17, 15) is 9.90 Å². The molecule has 0 spiro atoms.